The SMILES string of the molecule is C/C=C/[C@@H]1CC=C(O)CN1C(=O)OCc1ccccc1. The lowest BCUT2D eigenvalue weighted by atomic mass is 10.1. The van der Waals surface area contributed by atoms with Crippen molar-refractivity contribution < 1.29 is 14.6 Å². The zero-order chi connectivity index (χ0) is 14.4. The number of aliphatic hydroxyl groups excluding tert-OH is 1. The van der Waals surface area contributed by atoms with E-state index in [-0.39, 0.29) is 25.0 Å². The zero-order valence-electron chi connectivity index (χ0n) is 11.5. The topological polar surface area (TPSA) is 49.8 Å². The van der Waals surface area contributed by atoms with Crippen molar-refractivity contribution in [1.29, 1.82) is 0 Å². The molecule has 1 aromatic carbocycles. The maximum atomic E-state index is 12.1. The molecule has 0 aliphatic carbocycles. The summed E-state index contributed by atoms with van der Waals surface area (Å²) in [5, 5.41) is 9.59. The number of benzene rings is 1. The third kappa shape index (κ3) is 3.63. The number of carbonyl (C=O) groups excluding carboxylic acids is 1. The molecule has 0 fully saturated rings. The molecule has 20 heavy (non-hydrogen) atoms. The smallest absolute Gasteiger partial charge is 0.411 e. The summed E-state index contributed by atoms with van der Waals surface area (Å²) in [5.74, 6) is 0.211. The second kappa shape index (κ2) is 6.80. The summed E-state index contributed by atoms with van der Waals surface area (Å²) in [6.07, 6.45) is 5.78. The molecule has 0 spiro atoms. The fourth-order valence-electron chi connectivity index (χ4n) is 2.15. The van der Waals surface area contributed by atoms with Gasteiger partial charge < -0.3 is 9.84 Å². The summed E-state index contributed by atoms with van der Waals surface area (Å²) in [5.41, 5.74) is 0.945. The van der Waals surface area contributed by atoms with Gasteiger partial charge in [0, 0.05) is 0 Å². The second-order valence-electron chi connectivity index (χ2n) is 4.69. The number of ether oxygens (including phenoxy) is 1. The van der Waals surface area contributed by atoms with Crippen molar-refractivity contribution in [2.75, 3.05) is 6.54 Å². The minimum atomic E-state index is -0.406. The van der Waals surface area contributed by atoms with Crippen LogP contribution in [-0.2, 0) is 11.3 Å². The van der Waals surface area contributed by atoms with Crippen molar-refractivity contribution in [1.82, 2.24) is 4.90 Å². The van der Waals surface area contributed by atoms with Crippen molar-refractivity contribution >= 4 is 6.09 Å². The Morgan fingerprint density at radius 2 is 2.20 bits per heavy atom. The standard InChI is InChI=1S/C16H19NO3/c1-2-6-14-9-10-15(18)11-17(14)16(19)20-12-13-7-4-3-5-8-13/h2-8,10,14,18H,9,11-12H2,1H3/b6-2+/t14-/m1/s1. The van der Waals surface area contributed by atoms with E-state index < -0.39 is 6.09 Å². The summed E-state index contributed by atoms with van der Waals surface area (Å²) >= 11 is 0. The Balaban J connectivity index is 1.98. The number of allylic oxidation sites excluding steroid dienone is 1. The van der Waals surface area contributed by atoms with Crippen molar-refractivity contribution in [3.63, 3.8) is 0 Å². The molecule has 1 heterocycles. The molecule has 0 bridgehead atoms. The average molecular weight is 273 g/mol. The van der Waals surface area contributed by atoms with E-state index >= 15 is 0 Å². The molecule has 0 unspecified atom stereocenters. The Morgan fingerprint density at radius 1 is 1.45 bits per heavy atom. The quantitative estimate of drug-likeness (QED) is 0.858. The van der Waals surface area contributed by atoms with Gasteiger partial charge in [0.2, 0.25) is 0 Å². The third-order valence-corrected chi connectivity index (χ3v) is 3.18. The summed E-state index contributed by atoms with van der Waals surface area (Å²) < 4.78 is 5.31. The fraction of sp³-hybridized carbons (Fsp3) is 0.312. The molecule has 1 N–H and O–H groups in total. The van der Waals surface area contributed by atoms with E-state index in [1.54, 1.807) is 6.08 Å². The molecule has 1 amide bonds. The van der Waals surface area contributed by atoms with Crippen LogP contribution in [0.25, 0.3) is 0 Å². The Kier molecular flexibility index (Phi) is 4.82. The molecule has 1 atom stereocenters. The van der Waals surface area contributed by atoms with Gasteiger partial charge in [-0.2, -0.15) is 0 Å². The zero-order valence-corrected chi connectivity index (χ0v) is 11.5. The summed E-state index contributed by atoms with van der Waals surface area (Å²) in [6.45, 7) is 2.34. The maximum absolute atomic E-state index is 12.1. The summed E-state index contributed by atoms with van der Waals surface area (Å²) in [7, 11) is 0. The van der Waals surface area contributed by atoms with Crippen molar-refractivity contribution in [3.8, 4) is 0 Å². The van der Waals surface area contributed by atoms with Crippen molar-refractivity contribution in [2.24, 2.45) is 0 Å². The van der Waals surface area contributed by atoms with E-state index in [1.165, 1.54) is 4.90 Å². The van der Waals surface area contributed by atoms with E-state index in [9.17, 15) is 9.90 Å². The number of nitrogens with zero attached hydrogens (tertiary/aromatic N) is 1. The van der Waals surface area contributed by atoms with Gasteiger partial charge in [-0.1, -0.05) is 42.5 Å². The van der Waals surface area contributed by atoms with Gasteiger partial charge in [-0.3, -0.25) is 4.90 Å². The monoisotopic (exact) mass is 273 g/mol. The average Bonchev–Trinajstić information content (AvgIpc) is 2.48. The third-order valence-electron chi connectivity index (χ3n) is 3.18. The van der Waals surface area contributed by atoms with E-state index in [2.05, 4.69) is 0 Å². The minimum Gasteiger partial charge on any atom is -0.511 e. The molecule has 4 nitrogen and oxygen atoms in total. The number of carbonyl (C=O) groups is 1. The van der Waals surface area contributed by atoms with E-state index in [0.717, 1.165) is 5.56 Å². The molecule has 106 valence electrons. The lowest BCUT2D eigenvalue weighted by molar-refractivity contribution is 0.0834. The van der Waals surface area contributed by atoms with Gasteiger partial charge >= 0.3 is 6.09 Å². The van der Waals surface area contributed by atoms with E-state index in [4.69, 9.17) is 4.74 Å². The van der Waals surface area contributed by atoms with Crippen LogP contribution < -0.4 is 0 Å². The first-order valence-corrected chi connectivity index (χ1v) is 6.69. The molecule has 1 aliphatic rings. The number of amides is 1. The molecule has 1 aliphatic heterocycles. The van der Waals surface area contributed by atoms with Gasteiger partial charge in [-0.15, -0.1) is 0 Å². The Bertz CT molecular complexity index is 508. The number of aliphatic hydroxyl groups is 1. The first-order chi connectivity index (χ1) is 9.70. The van der Waals surface area contributed by atoms with Crippen LogP contribution in [0.2, 0.25) is 0 Å². The van der Waals surface area contributed by atoms with Crippen molar-refractivity contribution in [2.45, 2.75) is 26.0 Å². The van der Waals surface area contributed by atoms with Crippen LogP contribution in [0.3, 0.4) is 0 Å². The van der Waals surface area contributed by atoms with E-state index in [0.29, 0.717) is 6.42 Å². The van der Waals surface area contributed by atoms with Gasteiger partial charge in [-0.25, -0.2) is 4.79 Å². The molecule has 2 rings (SSSR count). The molecular formula is C16H19NO3. The van der Waals surface area contributed by atoms with E-state index in [1.807, 2.05) is 49.4 Å². The Morgan fingerprint density at radius 3 is 2.90 bits per heavy atom. The lowest BCUT2D eigenvalue weighted by Gasteiger charge is -2.31. The van der Waals surface area contributed by atoms with Crippen LogP contribution in [0.1, 0.15) is 18.9 Å². The highest BCUT2D eigenvalue weighted by atomic mass is 16.6. The molecule has 1 aromatic rings. The highest BCUT2D eigenvalue weighted by molar-refractivity contribution is 5.69. The molecule has 0 aromatic heterocycles. The predicted molar refractivity (Wildman–Crippen MR) is 77.3 cm³/mol. The maximum Gasteiger partial charge on any atom is 0.411 e. The van der Waals surface area contributed by atoms with Crippen LogP contribution in [0.5, 0.6) is 0 Å². The summed E-state index contributed by atoms with van der Waals surface area (Å²) in [6, 6.07) is 9.48. The first-order valence-electron chi connectivity index (χ1n) is 6.69. The van der Waals surface area contributed by atoms with Gasteiger partial charge in [0.25, 0.3) is 0 Å². The van der Waals surface area contributed by atoms with Crippen LogP contribution >= 0.6 is 0 Å². The largest absolute Gasteiger partial charge is 0.511 e. The second-order valence-corrected chi connectivity index (χ2v) is 4.69. The molecule has 0 radical (unpaired) electrons. The summed E-state index contributed by atoms with van der Waals surface area (Å²) in [4.78, 5) is 13.7. The van der Waals surface area contributed by atoms with Crippen LogP contribution in [-0.4, -0.2) is 28.7 Å². The Hall–Kier alpha value is -2.23. The number of rotatable bonds is 3. The highest BCUT2D eigenvalue weighted by Gasteiger charge is 2.26. The Labute approximate surface area is 119 Å². The lowest BCUT2D eigenvalue weighted by Crippen LogP contribution is -2.42. The van der Waals surface area contributed by atoms with Crippen molar-refractivity contribution in [3.05, 3.63) is 59.9 Å². The van der Waals surface area contributed by atoms with Gasteiger partial charge in [0.1, 0.15) is 12.4 Å². The molecule has 4 heteroatoms. The number of hydrogen-bond acceptors (Lipinski definition) is 3. The van der Waals surface area contributed by atoms with Gasteiger partial charge in [0.15, 0.2) is 0 Å². The highest BCUT2D eigenvalue weighted by Crippen LogP contribution is 2.18. The first kappa shape index (κ1) is 14.2. The van der Waals surface area contributed by atoms with Crippen LogP contribution in [0.4, 0.5) is 4.79 Å². The minimum absolute atomic E-state index is 0.0563. The van der Waals surface area contributed by atoms with Crippen LogP contribution in [0.15, 0.2) is 54.3 Å². The molecule has 0 saturated heterocycles. The molecule has 0 saturated carbocycles. The normalized spacial score (nSPS) is 18.9. The van der Waals surface area contributed by atoms with Gasteiger partial charge in [0.05, 0.1) is 12.6 Å². The number of hydrogen-bond donors (Lipinski definition) is 1. The van der Waals surface area contributed by atoms with Crippen LogP contribution in [0, 0.1) is 0 Å². The predicted octanol–water partition coefficient (Wildman–Crippen LogP) is 3.42. The fourth-order valence-corrected chi connectivity index (χ4v) is 2.15. The van der Waals surface area contributed by atoms with Gasteiger partial charge in [-0.05, 0) is 25.0 Å². The molecular weight excluding hydrogens is 254 g/mol.